The largest absolute Gasteiger partial charge is 0.364 e. The maximum absolute atomic E-state index is 13.2. The first kappa shape index (κ1) is 25.3. The lowest BCUT2D eigenvalue weighted by Gasteiger charge is -2.13. The Hall–Kier alpha value is -3.76. The third-order valence-corrected chi connectivity index (χ3v) is 6.48. The molecule has 0 saturated carbocycles. The topological polar surface area (TPSA) is 122 Å². The minimum Gasteiger partial charge on any atom is -0.364 e. The van der Waals surface area contributed by atoms with Crippen LogP contribution in [0, 0.1) is 11.7 Å². The number of nitrogens with zero attached hydrogens (tertiary/aromatic N) is 3. The highest BCUT2D eigenvalue weighted by molar-refractivity contribution is 6.34. The zero-order valence-electron chi connectivity index (χ0n) is 19.6. The van der Waals surface area contributed by atoms with Crippen molar-refractivity contribution in [2.45, 2.75) is 13.3 Å². The van der Waals surface area contributed by atoms with Crippen molar-refractivity contribution < 1.29 is 18.8 Å². The van der Waals surface area contributed by atoms with Crippen LogP contribution in [0.25, 0.3) is 5.69 Å². The van der Waals surface area contributed by atoms with Crippen LogP contribution in [0.2, 0.25) is 5.02 Å². The Bertz CT molecular complexity index is 1290. The molecule has 0 spiro atoms. The van der Waals surface area contributed by atoms with E-state index in [1.807, 2.05) is 0 Å². The minimum absolute atomic E-state index is 0.00457. The number of imidazole rings is 1. The van der Waals surface area contributed by atoms with Crippen molar-refractivity contribution in [2.75, 3.05) is 31.5 Å². The van der Waals surface area contributed by atoms with Crippen LogP contribution in [0.1, 0.15) is 44.7 Å². The first-order chi connectivity index (χ1) is 17.3. The van der Waals surface area contributed by atoms with Gasteiger partial charge in [-0.1, -0.05) is 18.5 Å². The number of nitrogens with one attached hydrogen (secondary N) is 2. The van der Waals surface area contributed by atoms with Gasteiger partial charge in [-0.3, -0.25) is 19.0 Å². The molecule has 4 rings (SSSR count). The molecule has 1 fully saturated rings. The maximum Gasteiger partial charge on any atom is 0.272 e. The predicted molar refractivity (Wildman–Crippen MR) is 134 cm³/mol. The summed E-state index contributed by atoms with van der Waals surface area (Å²) in [4.78, 5) is 44.0. The zero-order chi connectivity index (χ0) is 25.8. The molecular formula is C25H26ClFN6O3. The average molecular weight is 513 g/mol. The van der Waals surface area contributed by atoms with E-state index < -0.39 is 23.5 Å². The maximum atomic E-state index is 13.2. The Morgan fingerprint density at radius 1 is 1.17 bits per heavy atom. The summed E-state index contributed by atoms with van der Waals surface area (Å²) in [6.45, 7) is 5.50. The van der Waals surface area contributed by atoms with Gasteiger partial charge in [0.1, 0.15) is 17.8 Å². The van der Waals surface area contributed by atoms with E-state index in [9.17, 15) is 18.8 Å². The average Bonchev–Trinajstić information content (AvgIpc) is 3.50. The molecule has 0 radical (unpaired) electrons. The SMILES string of the molecule is CCN1CCC(CNC(=O)c2ncn(-c3ccc(NC(=O)c4ccc(F)cc4Cl)cc3)c2C(N)=O)C1. The highest BCUT2D eigenvalue weighted by Gasteiger charge is 2.25. The van der Waals surface area contributed by atoms with Gasteiger partial charge in [0.2, 0.25) is 0 Å². The molecule has 3 amide bonds. The second-order valence-corrected chi connectivity index (χ2v) is 8.97. The molecule has 0 aliphatic carbocycles. The van der Waals surface area contributed by atoms with Gasteiger partial charge in [0.05, 0.1) is 10.6 Å². The van der Waals surface area contributed by atoms with Crippen LogP contribution >= 0.6 is 11.6 Å². The second kappa shape index (κ2) is 10.9. The molecule has 2 aromatic carbocycles. The molecule has 1 saturated heterocycles. The molecule has 1 atom stereocenters. The number of rotatable bonds is 8. The number of anilines is 1. The standard InChI is InChI=1S/C25H26ClFN6O3/c1-2-32-10-9-15(13-32)12-29-25(36)21-22(23(28)34)33(14-30-21)18-6-4-17(5-7-18)31-24(35)19-8-3-16(27)11-20(19)26/h3-8,11,14-15H,2,9-10,12-13H2,1H3,(H2,28,34)(H,29,36)(H,31,35). The van der Waals surface area contributed by atoms with Crippen LogP contribution in [-0.4, -0.2) is 58.4 Å². The number of benzene rings is 2. The van der Waals surface area contributed by atoms with Gasteiger partial charge in [-0.2, -0.15) is 0 Å². The van der Waals surface area contributed by atoms with Crippen LogP contribution in [0.3, 0.4) is 0 Å². The summed E-state index contributed by atoms with van der Waals surface area (Å²) in [5, 5.41) is 5.54. The molecule has 36 heavy (non-hydrogen) atoms. The van der Waals surface area contributed by atoms with Crippen molar-refractivity contribution in [1.29, 1.82) is 0 Å². The minimum atomic E-state index is -0.793. The summed E-state index contributed by atoms with van der Waals surface area (Å²) in [6.07, 6.45) is 2.36. The van der Waals surface area contributed by atoms with E-state index in [0.717, 1.165) is 38.2 Å². The molecule has 2 heterocycles. The molecule has 9 nitrogen and oxygen atoms in total. The summed E-state index contributed by atoms with van der Waals surface area (Å²) < 4.78 is 14.7. The number of hydrogen-bond acceptors (Lipinski definition) is 5. The number of aromatic nitrogens is 2. The molecular weight excluding hydrogens is 487 g/mol. The van der Waals surface area contributed by atoms with Crippen LogP contribution in [-0.2, 0) is 0 Å². The summed E-state index contributed by atoms with van der Waals surface area (Å²) in [6, 6.07) is 9.99. The van der Waals surface area contributed by atoms with Gasteiger partial charge >= 0.3 is 0 Å². The number of amides is 3. The number of carbonyl (C=O) groups is 3. The molecule has 1 aromatic heterocycles. The van der Waals surface area contributed by atoms with Gasteiger partial charge in [-0.05, 0) is 67.9 Å². The van der Waals surface area contributed by atoms with Crippen LogP contribution in [0.5, 0.6) is 0 Å². The fourth-order valence-corrected chi connectivity index (χ4v) is 4.46. The summed E-state index contributed by atoms with van der Waals surface area (Å²) >= 11 is 5.95. The third kappa shape index (κ3) is 5.55. The predicted octanol–water partition coefficient (Wildman–Crippen LogP) is 3.09. The Morgan fingerprint density at radius 3 is 2.56 bits per heavy atom. The first-order valence-electron chi connectivity index (χ1n) is 11.5. The van der Waals surface area contributed by atoms with Crippen molar-refractivity contribution in [1.82, 2.24) is 19.8 Å². The van der Waals surface area contributed by atoms with Gasteiger partial charge < -0.3 is 21.3 Å². The lowest BCUT2D eigenvalue weighted by Crippen LogP contribution is -2.33. The fourth-order valence-electron chi connectivity index (χ4n) is 4.21. The molecule has 1 aliphatic rings. The summed E-state index contributed by atoms with van der Waals surface area (Å²) in [5.74, 6) is -1.95. The van der Waals surface area contributed by atoms with Crippen molar-refractivity contribution in [3.05, 3.63) is 76.6 Å². The molecule has 0 bridgehead atoms. The first-order valence-corrected chi connectivity index (χ1v) is 11.9. The number of hydrogen-bond donors (Lipinski definition) is 3. The second-order valence-electron chi connectivity index (χ2n) is 8.56. The monoisotopic (exact) mass is 512 g/mol. The Morgan fingerprint density at radius 2 is 1.92 bits per heavy atom. The smallest absolute Gasteiger partial charge is 0.272 e. The molecule has 1 unspecified atom stereocenters. The van der Waals surface area contributed by atoms with Crippen LogP contribution in [0.15, 0.2) is 48.8 Å². The van der Waals surface area contributed by atoms with Crippen molar-refractivity contribution in [3.8, 4) is 5.69 Å². The summed E-state index contributed by atoms with van der Waals surface area (Å²) in [7, 11) is 0. The van der Waals surface area contributed by atoms with E-state index in [1.165, 1.54) is 17.0 Å². The van der Waals surface area contributed by atoms with E-state index in [4.69, 9.17) is 17.3 Å². The number of primary amides is 1. The van der Waals surface area contributed by atoms with Crippen molar-refractivity contribution >= 4 is 35.0 Å². The van der Waals surface area contributed by atoms with Gasteiger partial charge in [-0.25, -0.2) is 9.37 Å². The van der Waals surface area contributed by atoms with Gasteiger partial charge in [0.15, 0.2) is 5.69 Å². The van der Waals surface area contributed by atoms with Crippen molar-refractivity contribution in [3.63, 3.8) is 0 Å². The number of likely N-dealkylation sites (tertiary alicyclic amines) is 1. The van der Waals surface area contributed by atoms with Gasteiger partial charge in [-0.15, -0.1) is 0 Å². The highest BCUT2D eigenvalue weighted by atomic mass is 35.5. The molecule has 11 heteroatoms. The lowest BCUT2D eigenvalue weighted by atomic mass is 10.1. The molecule has 188 valence electrons. The van der Waals surface area contributed by atoms with Crippen LogP contribution in [0.4, 0.5) is 10.1 Å². The van der Waals surface area contributed by atoms with Gasteiger partial charge in [0.25, 0.3) is 17.7 Å². The van der Waals surface area contributed by atoms with Gasteiger partial charge in [0, 0.05) is 24.5 Å². The van der Waals surface area contributed by atoms with Crippen molar-refractivity contribution in [2.24, 2.45) is 11.7 Å². The number of nitrogens with two attached hydrogens (primary N) is 1. The number of halogens is 2. The number of carbonyl (C=O) groups excluding carboxylic acids is 3. The Labute approximate surface area is 212 Å². The summed E-state index contributed by atoms with van der Waals surface area (Å²) in [5.41, 5.74) is 6.60. The van der Waals surface area contributed by atoms with Crippen LogP contribution < -0.4 is 16.4 Å². The quantitative estimate of drug-likeness (QED) is 0.428. The van der Waals surface area contributed by atoms with E-state index in [0.29, 0.717) is 23.8 Å². The lowest BCUT2D eigenvalue weighted by molar-refractivity contribution is 0.0925. The fraction of sp³-hybridized carbons (Fsp3) is 0.280. The highest BCUT2D eigenvalue weighted by Crippen LogP contribution is 2.21. The van der Waals surface area contributed by atoms with E-state index in [2.05, 4.69) is 27.4 Å². The Balaban J connectivity index is 1.47. The van der Waals surface area contributed by atoms with E-state index >= 15 is 0 Å². The Kier molecular flexibility index (Phi) is 7.66. The molecule has 4 N–H and O–H groups in total. The van der Waals surface area contributed by atoms with E-state index in [1.54, 1.807) is 24.3 Å². The van der Waals surface area contributed by atoms with E-state index in [-0.39, 0.29) is 22.0 Å². The third-order valence-electron chi connectivity index (χ3n) is 6.16. The normalized spacial score (nSPS) is 15.6. The molecule has 3 aromatic rings. The molecule has 1 aliphatic heterocycles. The zero-order valence-corrected chi connectivity index (χ0v) is 20.4.